The minimum atomic E-state index is -0.525. The molecule has 0 unspecified atom stereocenters. The van der Waals surface area contributed by atoms with Crippen LogP contribution in [0.15, 0.2) is 47.8 Å². The fourth-order valence-electron chi connectivity index (χ4n) is 2.43. The second-order valence-electron chi connectivity index (χ2n) is 5.73. The van der Waals surface area contributed by atoms with Crippen molar-refractivity contribution < 1.29 is 28.2 Å². The zero-order valence-electron chi connectivity index (χ0n) is 15.6. The SMILES string of the molecule is COC(=O)COc1cccc(C(=O)Nc2nc(-c3cc(F)ccc3OC)cs2)c1. The number of halogens is 1. The van der Waals surface area contributed by atoms with E-state index in [0.717, 1.165) is 0 Å². The van der Waals surface area contributed by atoms with E-state index in [1.54, 1.807) is 23.6 Å². The van der Waals surface area contributed by atoms with Crippen molar-refractivity contribution in [2.24, 2.45) is 0 Å². The van der Waals surface area contributed by atoms with Crippen LogP contribution in [-0.2, 0) is 9.53 Å². The van der Waals surface area contributed by atoms with Crippen molar-refractivity contribution in [2.75, 3.05) is 26.1 Å². The Balaban J connectivity index is 1.72. The quantitative estimate of drug-likeness (QED) is 0.590. The van der Waals surface area contributed by atoms with Crippen LogP contribution in [0.4, 0.5) is 9.52 Å². The number of esters is 1. The number of benzene rings is 2. The largest absolute Gasteiger partial charge is 0.496 e. The Morgan fingerprint density at radius 2 is 2.00 bits per heavy atom. The van der Waals surface area contributed by atoms with Crippen molar-refractivity contribution in [2.45, 2.75) is 0 Å². The van der Waals surface area contributed by atoms with Crippen molar-refractivity contribution in [1.82, 2.24) is 4.98 Å². The lowest BCUT2D eigenvalue weighted by Crippen LogP contribution is -2.14. The van der Waals surface area contributed by atoms with Crippen LogP contribution in [0.3, 0.4) is 0 Å². The molecule has 0 saturated heterocycles. The zero-order valence-corrected chi connectivity index (χ0v) is 16.4. The summed E-state index contributed by atoms with van der Waals surface area (Å²) >= 11 is 1.20. The predicted octanol–water partition coefficient (Wildman–Crippen LogP) is 3.76. The van der Waals surface area contributed by atoms with Crippen LogP contribution in [0.5, 0.6) is 11.5 Å². The molecule has 0 saturated carbocycles. The molecule has 0 aliphatic rings. The van der Waals surface area contributed by atoms with E-state index in [1.807, 2.05) is 0 Å². The van der Waals surface area contributed by atoms with Crippen LogP contribution >= 0.6 is 11.3 Å². The van der Waals surface area contributed by atoms with E-state index in [4.69, 9.17) is 9.47 Å². The molecule has 7 nitrogen and oxygen atoms in total. The van der Waals surface area contributed by atoms with Crippen LogP contribution in [0.25, 0.3) is 11.3 Å². The first kappa shape index (κ1) is 20.3. The molecule has 0 aliphatic carbocycles. The summed E-state index contributed by atoms with van der Waals surface area (Å²) in [6.07, 6.45) is 0. The molecule has 9 heteroatoms. The van der Waals surface area contributed by atoms with Gasteiger partial charge in [-0.05, 0) is 36.4 Å². The molecule has 29 heavy (non-hydrogen) atoms. The smallest absolute Gasteiger partial charge is 0.343 e. The number of thiazole rings is 1. The average molecular weight is 416 g/mol. The van der Waals surface area contributed by atoms with Crippen LogP contribution in [0, 0.1) is 5.82 Å². The molecule has 1 aromatic heterocycles. The standard InChI is InChI=1S/C20H17FN2O5S/c1-26-17-7-6-13(21)9-15(17)16-11-29-20(22-16)23-19(25)12-4-3-5-14(8-12)28-10-18(24)27-2/h3-9,11H,10H2,1-2H3,(H,22,23,25). The molecule has 0 fully saturated rings. The highest BCUT2D eigenvalue weighted by Crippen LogP contribution is 2.33. The number of aromatic nitrogens is 1. The third-order valence-corrected chi connectivity index (χ3v) is 4.60. The minimum absolute atomic E-state index is 0.257. The number of ether oxygens (including phenoxy) is 3. The third-order valence-electron chi connectivity index (χ3n) is 3.84. The van der Waals surface area contributed by atoms with E-state index >= 15 is 0 Å². The Kier molecular flexibility index (Phi) is 6.40. The second kappa shape index (κ2) is 9.16. The van der Waals surface area contributed by atoms with Gasteiger partial charge in [0.2, 0.25) is 0 Å². The van der Waals surface area contributed by atoms with Gasteiger partial charge in [0.05, 0.1) is 19.9 Å². The number of hydrogen-bond acceptors (Lipinski definition) is 7. The Bertz CT molecular complexity index is 1040. The van der Waals surface area contributed by atoms with E-state index in [-0.39, 0.29) is 6.61 Å². The van der Waals surface area contributed by atoms with Gasteiger partial charge in [-0.1, -0.05) is 6.07 Å². The van der Waals surface area contributed by atoms with Gasteiger partial charge in [-0.3, -0.25) is 10.1 Å². The van der Waals surface area contributed by atoms with Crippen LogP contribution < -0.4 is 14.8 Å². The highest BCUT2D eigenvalue weighted by atomic mass is 32.1. The summed E-state index contributed by atoms with van der Waals surface area (Å²) in [7, 11) is 2.75. The fraction of sp³-hybridized carbons (Fsp3) is 0.150. The summed E-state index contributed by atoms with van der Waals surface area (Å²) in [6.45, 7) is -0.257. The Morgan fingerprint density at radius 1 is 1.17 bits per heavy atom. The molecule has 150 valence electrons. The number of methoxy groups -OCH3 is 2. The van der Waals surface area contributed by atoms with Crippen LogP contribution in [0.1, 0.15) is 10.4 Å². The predicted molar refractivity (Wildman–Crippen MR) is 106 cm³/mol. The number of amides is 1. The van der Waals surface area contributed by atoms with Gasteiger partial charge in [-0.2, -0.15) is 0 Å². The number of anilines is 1. The van der Waals surface area contributed by atoms with Crippen molar-refractivity contribution in [1.29, 1.82) is 0 Å². The fourth-order valence-corrected chi connectivity index (χ4v) is 3.14. The number of carbonyl (C=O) groups is 2. The first-order valence-electron chi connectivity index (χ1n) is 8.40. The Labute approximate surface area is 170 Å². The Morgan fingerprint density at radius 3 is 2.76 bits per heavy atom. The van der Waals surface area contributed by atoms with Gasteiger partial charge in [0.1, 0.15) is 17.3 Å². The monoisotopic (exact) mass is 416 g/mol. The number of nitrogens with one attached hydrogen (secondary N) is 1. The lowest BCUT2D eigenvalue weighted by molar-refractivity contribution is -0.142. The van der Waals surface area contributed by atoms with Gasteiger partial charge >= 0.3 is 5.97 Å². The van der Waals surface area contributed by atoms with Gasteiger partial charge < -0.3 is 14.2 Å². The summed E-state index contributed by atoms with van der Waals surface area (Å²) in [5.74, 6) is -0.510. The number of carbonyl (C=O) groups excluding carboxylic acids is 2. The second-order valence-corrected chi connectivity index (χ2v) is 6.59. The first-order valence-corrected chi connectivity index (χ1v) is 9.28. The van der Waals surface area contributed by atoms with E-state index in [1.165, 1.54) is 49.8 Å². The normalized spacial score (nSPS) is 10.3. The maximum atomic E-state index is 13.6. The number of hydrogen-bond donors (Lipinski definition) is 1. The summed E-state index contributed by atoms with van der Waals surface area (Å²) in [4.78, 5) is 28.0. The molecule has 3 rings (SSSR count). The number of rotatable bonds is 7. The van der Waals surface area contributed by atoms with E-state index in [9.17, 15) is 14.0 Å². The van der Waals surface area contributed by atoms with Crippen LogP contribution in [-0.4, -0.2) is 37.7 Å². The van der Waals surface area contributed by atoms with Crippen LogP contribution in [0.2, 0.25) is 0 Å². The molecule has 0 aliphatic heterocycles. The molecule has 1 amide bonds. The van der Waals surface area contributed by atoms with Gasteiger partial charge in [-0.25, -0.2) is 14.2 Å². The maximum absolute atomic E-state index is 13.6. The molecule has 2 aromatic carbocycles. The molecule has 0 bridgehead atoms. The molecule has 0 spiro atoms. The maximum Gasteiger partial charge on any atom is 0.343 e. The molecule has 0 radical (unpaired) electrons. The molecule has 1 N–H and O–H groups in total. The van der Waals surface area contributed by atoms with Gasteiger partial charge in [0, 0.05) is 16.5 Å². The Hall–Kier alpha value is -3.46. The van der Waals surface area contributed by atoms with E-state index in [0.29, 0.717) is 33.5 Å². The van der Waals surface area contributed by atoms with Crippen molar-refractivity contribution in [3.8, 4) is 22.8 Å². The highest BCUT2D eigenvalue weighted by Gasteiger charge is 2.14. The first-order chi connectivity index (χ1) is 14.0. The minimum Gasteiger partial charge on any atom is -0.496 e. The number of nitrogens with zero attached hydrogens (tertiary/aromatic N) is 1. The van der Waals surface area contributed by atoms with Gasteiger partial charge in [0.15, 0.2) is 11.7 Å². The molecule has 3 aromatic rings. The van der Waals surface area contributed by atoms with Crippen molar-refractivity contribution >= 4 is 28.3 Å². The summed E-state index contributed by atoms with van der Waals surface area (Å²) in [5.41, 5.74) is 1.30. The van der Waals surface area contributed by atoms with E-state index in [2.05, 4.69) is 15.0 Å². The average Bonchev–Trinajstić information content (AvgIpc) is 3.20. The zero-order chi connectivity index (χ0) is 20.8. The van der Waals surface area contributed by atoms with Crippen molar-refractivity contribution in [3.05, 3.63) is 59.2 Å². The third kappa shape index (κ3) is 5.08. The van der Waals surface area contributed by atoms with Gasteiger partial charge in [0.25, 0.3) is 5.91 Å². The van der Waals surface area contributed by atoms with E-state index < -0.39 is 17.7 Å². The van der Waals surface area contributed by atoms with Gasteiger partial charge in [-0.15, -0.1) is 11.3 Å². The highest BCUT2D eigenvalue weighted by molar-refractivity contribution is 7.14. The summed E-state index contributed by atoms with van der Waals surface area (Å²) < 4.78 is 28.6. The molecule has 1 heterocycles. The van der Waals surface area contributed by atoms with Crippen molar-refractivity contribution in [3.63, 3.8) is 0 Å². The molecular formula is C20H17FN2O5S. The molecule has 0 atom stereocenters. The topological polar surface area (TPSA) is 86.8 Å². The summed E-state index contributed by atoms with van der Waals surface area (Å²) in [6, 6.07) is 10.5. The summed E-state index contributed by atoms with van der Waals surface area (Å²) in [5, 5.41) is 4.73. The lowest BCUT2D eigenvalue weighted by Gasteiger charge is -2.07. The molecular weight excluding hydrogens is 399 g/mol. The lowest BCUT2D eigenvalue weighted by atomic mass is 10.1.